The van der Waals surface area contributed by atoms with E-state index in [-0.39, 0.29) is 12.2 Å². The Morgan fingerprint density at radius 2 is 2.20 bits per heavy atom. The van der Waals surface area contributed by atoms with E-state index in [1.165, 1.54) is 6.08 Å². The van der Waals surface area contributed by atoms with Gasteiger partial charge in [-0.3, -0.25) is 4.79 Å². The van der Waals surface area contributed by atoms with E-state index in [0.29, 0.717) is 18.4 Å². The third-order valence-electron chi connectivity index (χ3n) is 1.77. The van der Waals surface area contributed by atoms with Crippen molar-refractivity contribution in [1.29, 1.82) is 0 Å². The Kier molecular flexibility index (Phi) is 3.39. The highest BCUT2D eigenvalue weighted by Gasteiger charge is 2.32. The number of carboxylic acid groups (broad SMARTS) is 1. The number of alkyl halides is 3. The predicted molar refractivity (Wildman–Crippen MR) is 44.8 cm³/mol. The number of hydrogen-bond acceptors (Lipinski definition) is 2. The SMILES string of the molecule is O=C(O)CC1=CC(OC(F)(F)F)=CCC1. The van der Waals surface area contributed by atoms with Crippen LogP contribution in [0.1, 0.15) is 19.3 Å². The van der Waals surface area contributed by atoms with Crippen molar-refractivity contribution in [2.75, 3.05) is 0 Å². The number of carboxylic acids is 1. The second-order valence-electron chi connectivity index (χ2n) is 3.07. The minimum absolute atomic E-state index is 0.251. The van der Waals surface area contributed by atoms with Crippen LogP contribution in [-0.4, -0.2) is 17.4 Å². The molecule has 6 heteroatoms. The first-order valence-corrected chi connectivity index (χ1v) is 4.24. The van der Waals surface area contributed by atoms with Crippen LogP contribution in [0.15, 0.2) is 23.5 Å². The van der Waals surface area contributed by atoms with Crippen LogP contribution in [0.3, 0.4) is 0 Å². The van der Waals surface area contributed by atoms with Gasteiger partial charge in [-0.15, -0.1) is 13.2 Å². The van der Waals surface area contributed by atoms with E-state index >= 15 is 0 Å². The van der Waals surface area contributed by atoms with Gasteiger partial charge in [0.15, 0.2) is 0 Å². The van der Waals surface area contributed by atoms with Gasteiger partial charge in [-0.2, -0.15) is 0 Å². The minimum Gasteiger partial charge on any atom is -0.481 e. The highest BCUT2D eigenvalue weighted by molar-refractivity contribution is 5.70. The fourth-order valence-corrected chi connectivity index (χ4v) is 1.27. The van der Waals surface area contributed by atoms with Gasteiger partial charge in [0.25, 0.3) is 0 Å². The molecule has 0 heterocycles. The highest BCUT2D eigenvalue weighted by atomic mass is 19.4. The monoisotopic (exact) mass is 222 g/mol. The van der Waals surface area contributed by atoms with Gasteiger partial charge in [-0.1, -0.05) is 5.57 Å². The summed E-state index contributed by atoms with van der Waals surface area (Å²) in [5, 5.41) is 8.46. The number of allylic oxidation sites excluding steroid dienone is 2. The molecule has 1 aliphatic carbocycles. The van der Waals surface area contributed by atoms with E-state index < -0.39 is 12.3 Å². The Balaban J connectivity index is 2.64. The lowest BCUT2D eigenvalue weighted by molar-refractivity contribution is -0.303. The largest absolute Gasteiger partial charge is 0.573 e. The molecule has 0 bridgehead atoms. The first-order valence-electron chi connectivity index (χ1n) is 4.24. The molecule has 0 aromatic heterocycles. The van der Waals surface area contributed by atoms with E-state index in [1.807, 2.05) is 0 Å². The van der Waals surface area contributed by atoms with Crippen molar-refractivity contribution in [3.8, 4) is 0 Å². The van der Waals surface area contributed by atoms with Crippen LogP contribution < -0.4 is 0 Å². The fourth-order valence-electron chi connectivity index (χ4n) is 1.27. The van der Waals surface area contributed by atoms with Crippen LogP contribution in [0.5, 0.6) is 0 Å². The summed E-state index contributed by atoms with van der Waals surface area (Å²) in [4.78, 5) is 10.3. The molecule has 0 fully saturated rings. The van der Waals surface area contributed by atoms with Gasteiger partial charge in [0, 0.05) is 0 Å². The molecule has 1 aliphatic rings. The third kappa shape index (κ3) is 4.53. The zero-order valence-corrected chi connectivity index (χ0v) is 7.67. The lowest BCUT2D eigenvalue weighted by atomic mass is 10.0. The number of aliphatic carboxylic acids is 1. The van der Waals surface area contributed by atoms with E-state index in [1.54, 1.807) is 0 Å². The molecule has 0 spiro atoms. The zero-order valence-electron chi connectivity index (χ0n) is 7.67. The fraction of sp³-hybridized carbons (Fsp3) is 0.444. The molecule has 1 N–H and O–H groups in total. The van der Waals surface area contributed by atoms with Gasteiger partial charge in [0.05, 0.1) is 6.42 Å². The van der Waals surface area contributed by atoms with Crippen molar-refractivity contribution in [3.05, 3.63) is 23.5 Å². The molecule has 0 saturated carbocycles. The molecule has 0 unspecified atom stereocenters. The molecule has 0 aromatic carbocycles. The van der Waals surface area contributed by atoms with Gasteiger partial charge in [0.2, 0.25) is 0 Å². The van der Waals surface area contributed by atoms with Gasteiger partial charge in [-0.05, 0) is 25.0 Å². The molecule has 3 nitrogen and oxygen atoms in total. The van der Waals surface area contributed by atoms with Crippen LogP contribution in [0, 0.1) is 0 Å². The van der Waals surface area contributed by atoms with Gasteiger partial charge < -0.3 is 9.84 Å². The van der Waals surface area contributed by atoms with Gasteiger partial charge in [-0.25, -0.2) is 0 Å². The van der Waals surface area contributed by atoms with Crippen LogP contribution >= 0.6 is 0 Å². The van der Waals surface area contributed by atoms with E-state index in [4.69, 9.17) is 5.11 Å². The van der Waals surface area contributed by atoms with E-state index in [2.05, 4.69) is 4.74 Å². The van der Waals surface area contributed by atoms with Crippen LogP contribution in [0.4, 0.5) is 13.2 Å². The number of halogens is 3. The Hall–Kier alpha value is -1.46. The molecule has 0 atom stereocenters. The lowest BCUT2D eigenvalue weighted by Gasteiger charge is -2.14. The standard InChI is InChI=1S/C9H9F3O3/c10-9(11,12)15-7-3-1-2-6(4-7)5-8(13)14/h3-4H,1-2,5H2,(H,13,14). The molecule has 0 saturated heterocycles. The van der Waals surface area contributed by atoms with E-state index in [0.717, 1.165) is 6.08 Å². The summed E-state index contributed by atoms with van der Waals surface area (Å²) >= 11 is 0. The molecule has 84 valence electrons. The average molecular weight is 222 g/mol. The lowest BCUT2D eigenvalue weighted by Crippen LogP contribution is -2.13. The molecule has 0 radical (unpaired) electrons. The Labute approximate surface area is 83.8 Å². The summed E-state index contributed by atoms with van der Waals surface area (Å²) in [7, 11) is 0. The van der Waals surface area contributed by atoms with E-state index in [9.17, 15) is 18.0 Å². The van der Waals surface area contributed by atoms with Crippen LogP contribution in [0.25, 0.3) is 0 Å². The Bertz CT molecular complexity index is 315. The summed E-state index contributed by atoms with van der Waals surface area (Å²) in [6, 6.07) is 0. The predicted octanol–water partition coefficient (Wildman–Crippen LogP) is 2.60. The first kappa shape index (κ1) is 11.6. The maximum atomic E-state index is 11.8. The van der Waals surface area contributed by atoms with Crippen LogP contribution in [-0.2, 0) is 9.53 Å². The molecule has 0 aliphatic heterocycles. The Morgan fingerprint density at radius 3 is 2.73 bits per heavy atom. The number of hydrogen-bond donors (Lipinski definition) is 1. The average Bonchev–Trinajstić information content (AvgIpc) is 1.99. The summed E-state index contributed by atoms with van der Waals surface area (Å²) in [5.41, 5.74) is 0.434. The second-order valence-corrected chi connectivity index (χ2v) is 3.07. The molecule has 0 aromatic rings. The molecular formula is C9H9F3O3. The number of rotatable bonds is 3. The second kappa shape index (κ2) is 4.37. The van der Waals surface area contributed by atoms with Crippen molar-refractivity contribution in [2.24, 2.45) is 0 Å². The maximum absolute atomic E-state index is 11.8. The first-order chi connectivity index (χ1) is 6.87. The quantitative estimate of drug-likeness (QED) is 0.798. The molecule has 15 heavy (non-hydrogen) atoms. The van der Waals surface area contributed by atoms with Crippen molar-refractivity contribution in [1.82, 2.24) is 0 Å². The topological polar surface area (TPSA) is 46.5 Å². The highest BCUT2D eigenvalue weighted by Crippen LogP contribution is 2.27. The Morgan fingerprint density at radius 1 is 1.53 bits per heavy atom. The maximum Gasteiger partial charge on any atom is 0.573 e. The third-order valence-corrected chi connectivity index (χ3v) is 1.77. The summed E-state index contributed by atoms with van der Waals surface area (Å²) in [6.45, 7) is 0. The van der Waals surface area contributed by atoms with Gasteiger partial charge in [0.1, 0.15) is 5.76 Å². The van der Waals surface area contributed by atoms with Crippen molar-refractivity contribution in [2.45, 2.75) is 25.6 Å². The van der Waals surface area contributed by atoms with Crippen molar-refractivity contribution >= 4 is 5.97 Å². The number of ether oxygens (including phenoxy) is 1. The molecular weight excluding hydrogens is 213 g/mol. The van der Waals surface area contributed by atoms with Crippen molar-refractivity contribution in [3.63, 3.8) is 0 Å². The number of carbonyl (C=O) groups is 1. The molecule has 1 rings (SSSR count). The summed E-state index contributed by atoms with van der Waals surface area (Å²) in [6.07, 6.45) is -1.74. The van der Waals surface area contributed by atoms with Crippen molar-refractivity contribution < 1.29 is 27.8 Å². The summed E-state index contributed by atoms with van der Waals surface area (Å²) < 4.78 is 39.1. The van der Waals surface area contributed by atoms with Gasteiger partial charge >= 0.3 is 12.3 Å². The minimum atomic E-state index is -4.73. The normalized spacial score (nSPS) is 16.7. The smallest absolute Gasteiger partial charge is 0.481 e. The summed E-state index contributed by atoms with van der Waals surface area (Å²) in [5.74, 6) is -1.39. The molecule has 0 amide bonds. The van der Waals surface area contributed by atoms with Crippen LogP contribution in [0.2, 0.25) is 0 Å². The zero-order chi connectivity index (χ0) is 11.5.